The lowest BCUT2D eigenvalue weighted by Gasteiger charge is -2.26. The molecular weight excluding hydrogens is 324 g/mol. The van der Waals surface area contributed by atoms with Gasteiger partial charge in [-0.1, -0.05) is 49.4 Å². The molecule has 138 valence electrons. The highest BCUT2D eigenvalue weighted by molar-refractivity contribution is 5.93. The maximum Gasteiger partial charge on any atom is 0.224 e. The Labute approximate surface area is 156 Å². The van der Waals surface area contributed by atoms with Crippen molar-refractivity contribution in [2.24, 2.45) is 0 Å². The maximum absolute atomic E-state index is 12.2. The fourth-order valence-electron chi connectivity index (χ4n) is 3.17. The third-order valence-electron chi connectivity index (χ3n) is 4.62. The summed E-state index contributed by atoms with van der Waals surface area (Å²) in [5.41, 5.74) is 5.33. The molecule has 0 spiro atoms. The fraction of sp³-hybridized carbons (Fsp3) is 0.364. The molecule has 0 radical (unpaired) electrons. The van der Waals surface area contributed by atoms with E-state index in [9.17, 15) is 9.59 Å². The molecule has 0 fully saturated rings. The van der Waals surface area contributed by atoms with E-state index in [-0.39, 0.29) is 11.8 Å². The lowest BCUT2D eigenvalue weighted by molar-refractivity contribution is -0.121. The Kier molecular flexibility index (Phi) is 6.96. The summed E-state index contributed by atoms with van der Waals surface area (Å²) in [6.45, 7) is 8.57. The number of nitrogens with zero attached hydrogens (tertiary/aromatic N) is 1. The molecule has 2 aromatic carbocycles. The van der Waals surface area contributed by atoms with Crippen LogP contribution in [0.4, 0.5) is 5.69 Å². The van der Waals surface area contributed by atoms with Crippen molar-refractivity contribution in [1.29, 1.82) is 0 Å². The van der Waals surface area contributed by atoms with Crippen LogP contribution in [0.3, 0.4) is 0 Å². The Morgan fingerprint density at radius 2 is 1.62 bits per heavy atom. The van der Waals surface area contributed by atoms with Crippen LogP contribution >= 0.6 is 0 Å². The minimum atomic E-state index is -0.0247. The van der Waals surface area contributed by atoms with E-state index in [0.29, 0.717) is 19.5 Å². The first-order valence-electron chi connectivity index (χ1n) is 9.11. The second kappa shape index (κ2) is 9.18. The van der Waals surface area contributed by atoms with E-state index in [2.05, 4.69) is 18.3 Å². The first-order valence-corrected chi connectivity index (χ1v) is 9.11. The largest absolute Gasteiger partial charge is 0.354 e. The quantitative estimate of drug-likeness (QED) is 0.828. The number of carbonyl (C=O) groups is 2. The predicted octanol–water partition coefficient (Wildman–Crippen LogP) is 3.58. The highest BCUT2D eigenvalue weighted by atomic mass is 16.2. The average molecular weight is 352 g/mol. The van der Waals surface area contributed by atoms with Gasteiger partial charge in [0.05, 0.1) is 6.42 Å². The fourth-order valence-corrected chi connectivity index (χ4v) is 3.17. The maximum atomic E-state index is 12.2. The van der Waals surface area contributed by atoms with Gasteiger partial charge in [-0.3, -0.25) is 9.59 Å². The molecule has 1 N–H and O–H groups in total. The van der Waals surface area contributed by atoms with Crippen molar-refractivity contribution in [3.8, 4) is 0 Å². The summed E-state index contributed by atoms with van der Waals surface area (Å²) in [6, 6.07) is 14.0. The van der Waals surface area contributed by atoms with Crippen LogP contribution in [0.1, 0.15) is 36.1 Å². The molecule has 2 rings (SSSR count). The van der Waals surface area contributed by atoms with Gasteiger partial charge >= 0.3 is 0 Å². The summed E-state index contributed by atoms with van der Waals surface area (Å²) in [7, 11) is 0. The van der Waals surface area contributed by atoms with Crippen molar-refractivity contribution >= 4 is 17.5 Å². The van der Waals surface area contributed by atoms with Crippen molar-refractivity contribution in [2.75, 3.05) is 18.0 Å². The van der Waals surface area contributed by atoms with Gasteiger partial charge in [0, 0.05) is 25.7 Å². The van der Waals surface area contributed by atoms with Crippen LogP contribution in [0.5, 0.6) is 0 Å². The summed E-state index contributed by atoms with van der Waals surface area (Å²) in [5.74, 6) is -0.0366. The van der Waals surface area contributed by atoms with Gasteiger partial charge in [-0.25, -0.2) is 0 Å². The van der Waals surface area contributed by atoms with E-state index in [1.165, 1.54) is 0 Å². The van der Waals surface area contributed by atoms with Crippen LogP contribution in [0, 0.1) is 13.8 Å². The summed E-state index contributed by atoms with van der Waals surface area (Å²) in [6.07, 6.45) is 1.22. The van der Waals surface area contributed by atoms with Crippen molar-refractivity contribution in [3.05, 3.63) is 64.7 Å². The molecule has 0 aromatic heterocycles. The van der Waals surface area contributed by atoms with Crippen LogP contribution in [0.2, 0.25) is 0 Å². The van der Waals surface area contributed by atoms with Gasteiger partial charge < -0.3 is 10.2 Å². The number of benzene rings is 2. The molecule has 0 atom stereocenters. The first-order chi connectivity index (χ1) is 12.4. The molecule has 0 aliphatic rings. The highest BCUT2D eigenvalue weighted by Crippen LogP contribution is 2.25. The molecule has 0 heterocycles. The van der Waals surface area contributed by atoms with Gasteiger partial charge in [-0.15, -0.1) is 0 Å². The van der Waals surface area contributed by atoms with Crippen LogP contribution in [-0.2, 0) is 22.4 Å². The number of nitrogens with one attached hydrogen (secondary N) is 1. The monoisotopic (exact) mass is 352 g/mol. The van der Waals surface area contributed by atoms with Gasteiger partial charge in [-0.2, -0.15) is 0 Å². The molecule has 0 saturated heterocycles. The number of hydrogen-bond donors (Lipinski definition) is 1. The second-order valence-electron chi connectivity index (χ2n) is 6.56. The van der Waals surface area contributed by atoms with Crippen LogP contribution < -0.4 is 10.2 Å². The van der Waals surface area contributed by atoms with Crippen LogP contribution in [0.15, 0.2) is 42.5 Å². The van der Waals surface area contributed by atoms with Crippen molar-refractivity contribution in [1.82, 2.24) is 5.32 Å². The number of amides is 2. The number of rotatable bonds is 7. The summed E-state index contributed by atoms with van der Waals surface area (Å²) in [5, 5.41) is 2.94. The molecule has 0 aliphatic carbocycles. The van der Waals surface area contributed by atoms with Gasteiger partial charge in [0.15, 0.2) is 0 Å². The molecule has 4 heteroatoms. The smallest absolute Gasteiger partial charge is 0.224 e. The Balaban J connectivity index is 2.01. The number of para-hydroxylation sites is 1. The Morgan fingerprint density at radius 1 is 0.962 bits per heavy atom. The normalized spacial score (nSPS) is 10.5. The zero-order valence-corrected chi connectivity index (χ0v) is 16.1. The summed E-state index contributed by atoms with van der Waals surface area (Å²) < 4.78 is 0. The number of anilines is 1. The van der Waals surface area contributed by atoms with E-state index >= 15 is 0 Å². The Morgan fingerprint density at radius 3 is 2.27 bits per heavy atom. The van der Waals surface area contributed by atoms with Gasteiger partial charge in [0.2, 0.25) is 11.8 Å². The molecule has 2 amide bonds. The molecule has 0 saturated carbocycles. The number of hydrogen-bond acceptors (Lipinski definition) is 2. The summed E-state index contributed by atoms with van der Waals surface area (Å²) >= 11 is 0. The van der Waals surface area contributed by atoms with Crippen LogP contribution in [0.25, 0.3) is 0 Å². The minimum absolute atomic E-state index is 0.0119. The lowest BCUT2D eigenvalue weighted by Crippen LogP contribution is -2.38. The van der Waals surface area contributed by atoms with Crippen LogP contribution in [-0.4, -0.2) is 24.9 Å². The van der Waals surface area contributed by atoms with E-state index in [0.717, 1.165) is 34.4 Å². The molecule has 0 aliphatic heterocycles. The van der Waals surface area contributed by atoms with Gasteiger partial charge in [0.1, 0.15) is 0 Å². The Hall–Kier alpha value is -2.62. The molecule has 0 unspecified atom stereocenters. The zero-order chi connectivity index (χ0) is 19.1. The van der Waals surface area contributed by atoms with E-state index < -0.39 is 0 Å². The van der Waals surface area contributed by atoms with Gasteiger partial charge in [0.25, 0.3) is 0 Å². The Bertz CT molecular complexity index is 783. The molecule has 2 aromatic rings. The van der Waals surface area contributed by atoms with E-state index in [1.54, 1.807) is 11.8 Å². The molecular formula is C22H28N2O2. The average Bonchev–Trinajstić information content (AvgIpc) is 2.61. The minimum Gasteiger partial charge on any atom is -0.354 e. The lowest BCUT2D eigenvalue weighted by atomic mass is 10.0. The van der Waals surface area contributed by atoms with Crippen molar-refractivity contribution < 1.29 is 9.59 Å². The number of aryl methyl sites for hydroxylation is 3. The van der Waals surface area contributed by atoms with Crippen molar-refractivity contribution in [3.63, 3.8) is 0 Å². The zero-order valence-electron chi connectivity index (χ0n) is 16.1. The standard InChI is InChI=1S/C22H28N2O2/c1-5-19-12-8-10-17(3)22(19)24(18(4)25)14-13-23-21(26)15-20-11-7-6-9-16(20)2/h6-12H,5,13-15H2,1-4H3,(H,23,26). The number of carbonyl (C=O) groups excluding carboxylic acids is 2. The third kappa shape index (κ3) is 4.94. The second-order valence-corrected chi connectivity index (χ2v) is 6.56. The van der Waals surface area contributed by atoms with E-state index in [1.807, 2.05) is 50.2 Å². The van der Waals surface area contributed by atoms with Crippen molar-refractivity contribution in [2.45, 2.75) is 40.5 Å². The SMILES string of the molecule is CCc1cccc(C)c1N(CCNC(=O)Cc1ccccc1C)C(C)=O. The molecule has 26 heavy (non-hydrogen) atoms. The topological polar surface area (TPSA) is 49.4 Å². The summed E-state index contributed by atoms with van der Waals surface area (Å²) in [4.78, 5) is 26.2. The third-order valence-corrected chi connectivity index (χ3v) is 4.62. The van der Waals surface area contributed by atoms with E-state index in [4.69, 9.17) is 0 Å². The highest BCUT2D eigenvalue weighted by Gasteiger charge is 2.17. The molecule has 4 nitrogen and oxygen atoms in total. The first kappa shape index (κ1) is 19.7. The van der Waals surface area contributed by atoms with Gasteiger partial charge in [-0.05, 0) is 42.5 Å². The molecule has 0 bridgehead atoms. The predicted molar refractivity (Wildman–Crippen MR) is 106 cm³/mol.